The highest BCUT2D eigenvalue weighted by atomic mass is 19.1. The Morgan fingerprint density at radius 3 is 2.61 bits per heavy atom. The summed E-state index contributed by atoms with van der Waals surface area (Å²) in [6.45, 7) is 5.45. The molecule has 5 rings (SSSR count). The van der Waals surface area contributed by atoms with Gasteiger partial charge >= 0.3 is 6.09 Å². The summed E-state index contributed by atoms with van der Waals surface area (Å²) in [5.41, 5.74) is 2.89. The Morgan fingerprint density at radius 2 is 1.92 bits per heavy atom. The second kappa shape index (κ2) is 10.8. The maximum Gasteiger partial charge on any atom is 0.409 e. The molecule has 1 aliphatic heterocycles. The molecule has 3 aromatic rings. The van der Waals surface area contributed by atoms with Crippen LogP contribution in [0.5, 0.6) is 11.5 Å². The number of aromatic nitrogens is 3. The number of piperidine rings is 1. The van der Waals surface area contributed by atoms with E-state index in [0.29, 0.717) is 84.4 Å². The third-order valence-electron chi connectivity index (χ3n) is 7.04. The van der Waals surface area contributed by atoms with Crippen LogP contribution in [0.15, 0.2) is 18.5 Å². The summed E-state index contributed by atoms with van der Waals surface area (Å²) in [6.07, 6.45) is 4.51. The Hall–Kier alpha value is -3.89. The van der Waals surface area contributed by atoms with Crippen LogP contribution in [-0.2, 0) is 4.74 Å². The zero-order chi connectivity index (χ0) is 26.8. The van der Waals surface area contributed by atoms with Gasteiger partial charge in [-0.1, -0.05) is 0 Å². The molecule has 0 radical (unpaired) electrons. The summed E-state index contributed by atoms with van der Waals surface area (Å²) in [5.74, 6) is 0.238. The molecule has 1 saturated carbocycles. The van der Waals surface area contributed by atoms with Crippen LogP contribution in [0.25, 0.3) is 22.3 Å². The summed E-state index contributed by atoms with van der Waals surface area (Å²) in [7, 11) is 1.41. The normalized spacial score (nSPS) is 15.9. The van der Waals surface area contributed by atoms with E-state index in [9.17, 15) is 14.0 Å². The number of carbonyl (C=O) groups is 2. The second-order valence-electron chi connectivity index (χ2n) is 9.74. The predicted octanol–water partition coefficient (Wildman–Crippen LogP) is 4.22. The summed E-state index contributed by atoms with van der Waals surface area (Å²) >= 11 is 0. The maximum atomic E-state index is 14.8. The van der Waals surface area contributed by atoms with Crippen molar-refractivity contribution in [2.24, 2.45) is 5.92 Å². The van der Waals surface area contributed by atoms with Crippen molar-refractivity contribution in [1.29, 1.82) is 0 Å². The number of halogens is 1. The quantitative estimate of drug-likeness (QED) is 0.452. The number of aromatic amines is 1. The average molecular weight is 526 g/mol. The molecule has 1 aliphatic carbocycles. The van der Waals surface area contributed by atoms with Gasteiger partial charge in [0, 0.05) is 36.5 Å². The summed E-state index contributed by atoms with van der Waals surface area (Å²) in [5, 5.41) is 3.08. The number of amides is 2. The minimum atomic E-state index is -0.538. The van der Waals surface area contributed by atoms with E-state index in [-0.39, 0.29) is 23.8 Å². The van der Waals surface area contributed by atoms with Gasteiger partial charge in [-0.05, 0) is 51.5 Å². The van der Waals surface area contributed by atoms with Crippen molar-refractivity contribution in [3.63, 3.8) is 0 Å². The smallest absolute Gasteiger partial charge is 0.409 e. The molecule has 10 nitrogen and oxygen atoms in total. The van der Waals surface area contributed by atoms with Crippen LogP contribution in [0.4, 0.5) is 9.18 Å². The molecular weight excluding hydrogens is 493 g/mol. The van der Waals surface area contributed by atoms with Crippen molar-refractivity contribution in [1.82, 2.24) is 25.2 Å². The summed E-state index contributed by atoms with van der Waals surface area (Å²) < 4.78 is 31.1. The van der Waals surface area contributed by atoms with Gasteiger partial charge in [0.1, 0.15) is 23.3 Å². The van der Waals surface area contributed by atoms with Gasteiger partial charge in [-0.15, -0.1) is 0 Å². The molecule has 38 heavy (non-hydrogen) atoms. The van der Waals surface area contributed by atoms with Crippen molar-refractivity contribution < 1.29 is 28.2 Å². The fourth-order valence-corrected chi connectivity index (χ4v) is 4.77. The lowest BCUT2D eigenvalue weighted by Crippen LogP contribution is -2.46. The van der Waals surface area contributed by atoms with Crippen LogP contribution >= 0.6 is 0 Å². The number of ether oxygens (including phenoxy) is 3. The van der Waals surface area contributed by atoms with E-state index in [0.717, 1.165) is 12.8 Å². The molecule has 0 spiro atoms. The number of methoxy groups -OCH3 is 1. The molecule has 2 aromatic heterocycles. The number of nitrogens with zero attached hydrogens (tertiary/aromatic N) is 3. The molecule has 1 aromatic carbocycles. The first-order chi connectivity index (χ1) is 18.4. The predicted molar refractivity (Wildman–Crippen MR) is 138 cm³/mol. The Balaban J connectivity index is 1.41. The first-order valence-corrected chi connectivity index (χ1v) is 13.0. The van der Waals surface area contributed by atoms with Crippen LogP contribution in [0.2, 0.25) is 0 Å². The highest BCUT2D eigenvalue weighted by molar-refractivity contribution is 6.09. The third kappa shape index (κ3) is 5.23. The van der Waals surface area contributed by atoms with E-state index < -0.39 is 5.82 Å². The second-order valence-corrected chi connectivity index (χ2v) is 9.74. The lowest BCUT2D eigenvalue weighted by molar-refractivity contribution is 0.0860. The number of rotatable bonds is 8. The largest absolute Gasteiger partial charge is 0.494 e. The SMILES string of the molecule is CCOC(=O)N1CCC(NC(=O)c2c(C)[nH]c3c(-c4cc(F)c(OC)cc4OCC4CC4)ncnc23)CC1. The number of carbonyl (C=O) groups excluding carboxylic acids is 2. The van der Waals surface area contributed by atoms with Crippen molar-refractivity contribution in [2.45, 2.75) is 45.6 Å². The Kier molecular flexibility index (Phi) is 7.35. The van der Waals surface area contributed by atoms with E-state index in [1.165, 1.54) is 25.6 Å². The van der Waals surface area contributed by atoms with E-state index in [2.05, 4.69) is 20.3 Å². The van der Waals surface area contributed by atoms with E-state index in [4.69, 9.17) is 14.2 Å². The van der Waals surface area contributed by atoms with Gasteiger partial charge in [0.2, 0.25) is 0 Å². The first-order valence-electron chi connectivity index (χ1n) is 13.0. The first kappa shape index (κ1) is 25.7. The molecule has 1 saturated heterocycles. The number of likely N-dealkylation sites (tertiary alicyclic amines) is 1. The highest BCUT2D eigenvalue weighted by Crippen LogP contribution is 2.39. The maximum absolute atomic E-state index is 14.8. The molecule has 2 N–H and O–H groups in total. The lowest BCUT2D eigenvalue weighted by Gasteiger charge is -2.31. The van der Waals surface area contributed by atoms with Crippen molar-refractivity contribution in [2.75, 3.05) is 33.4 Å². The molecule has 0 atom stereocenters. The number of fused-ring (bicyclic) bond motifs is 1. The van der Waals surface area contributed by atoms with Gasteiger partial charge < -0.3 is 29.4 Å². The molecule has 0 unspecified atom stereocenters. The van der Waals surface area contributed by atoms with Crippen molar-refractivity contribution in [3.8, 4) is 22.8 Å². The van der Waals surface area contributed by atoms with Gasteiger partial charge in [-0.3, -0.25) is 4.79 Å². The molecule has 0 bridgehead atoms. The molecule has 2 aliphatic rings. The molecule has 3 heterocycles. The van der Waals surface area contributed by atoms with Gasteiger partial charge in [-0.25, -0.2) is 19.2 Å². The van der Waals surface area contributed by atoms with Crippen LogP contribution in [0.1, 0.15) is 48.7 Å². The van der Waals surface area contributed by atoms with Crippen LogP contribution < -0.4 is 14.8 Å². The van der Waals surface area contributed by atoms with Gasteiger partial charge in [-0.2, -0.15) is 0 Å². The van der Waals surface area contributed by atoms with Crippen molar-refractivity contribution in [3.05, 3.63) is 35.5 Å². The van der Waals surface area contributed by atoms with Gasteiger partial charge in [0.05, 0.1) is 31.4 Å². The molecule has 2 fully saturated rings. The Morgan fingerprint density at radius 1 is 1.16 bits per heavy atom. The minimum absolute atomic E-state index is 0.0848. The number of hydrogen-bond acceptors (Lipinski definition) is 7. The highest BCUT2D eigenvalue weighted by Gasteiger charge is 2.28. The lowest BCUT2D eigenvalue weighted by atomic mass is 10.0. The summed E-state index contributed by atoms with van der Waals surface area (Å²) in [6, 6.07) is 2.79. The zero-order valence-electron chi connectivity index (χ0n) is 21.8. The fraction of sp³-hybridized carbons (Fsp3) is 0.481. The molecular formula is C27H32FN5O5. The number of H-pyrrole nitrogens is 1. The number of benzene rings is 1. The van der Waals surface area contributed by atoms with Crippen molar-refractivity contribution >= 4 is 23.0 Å². The van der Waals surface area contributed by atoms with Gasteiger partial charge in [0.25, 0.3) is 5.91 Å². The molecule has 11 heteroatoms. The topological polar surface area (TPSA) is 119 Å². The number of hydrogen-bond donors (Lipinski definition) is 2. The van der Waals surface area contributed by atoms with Crippen LogP contribution in [0, 0.1) is 18.7 Å². The molecule has 202 valence electrons. The minimum Gasteiger partial charge on any atom is -0.494 e. The van der Waals surface area contributed by atoms with Crippen LogP contribution in [0.3, 0.4) is 0 Å². The third-order valence-corrected chi connectivity index (χ3v) is 7.04. The van der Waals surface area contributed by atoms with Gasteiger partial charge in [0.15, 0.2) is 11.6 Å². The Bertz CT molecular complexity index is 1350. The Labute approximate surface area is 219 Å². The molecule has 2 amide bonds. The standard InChI is InChI=1S/C27H32FN5O5/c1-4-37-27(35)33-9-7-17(8-10-33)32-26(34)22-15(2)31-25-23(29-14-30-24(22)25)18-11-19(28)21(36-3)12-20(18)38-13-16-5-6-16/h11-12,14,16-17,31H,4-10,13H2,1-3H3,(H,32,34). The zero-order valence-corrected chi connectivity index (χ0v) is 21.8. The average Bonchev–Trinajstić information content (AvgIpc) is 3.67. The van der Waals surface area contributed by atoms with Crippen LogP contribution in [-0.4, -0.2) is 71.3 Å². The summed E-state index contributed by atoms with van der Waals surface area (Å²) in [4.78, 5) is 39.1. The van der Waals surface area contributed by atoms with E-state index >= 15 is 0 Å². The monoisotopic (exact) mass is 525 g/mol. The number of nitrogens with one attached hydrogen (secondary N) is 2. The number of aryl methyl sites for hydroxylation is 1. The van der Waals surface area contributed by atoms with E-state index in [1.54, 1.807) is 18.7 Å². The van der Waals surface area contributed by atoms with E-state index in [1.807, 2.05) is 0 Å². The fourth-order valence-electron chi connectivity index (χ4n) is 4.77.